The van der Waals surface area contributed by atoms with Gasteiger partial charge in [-0.2, -0.15) is 18.3 Å². The van der Waals surface area contributed by atoms with Gasteiger partial charge < -0.3 is 5.32 Å². The number of hydrogen-bond acceptors (Lipinski definition) is 2. The highest BCUT2D eigenvalue weighted by atomic mass is 79.9. The molecule has 0 atom stereocenters. The first-order valence-corrected chi connectivity index (χ1v) is 6.66. The van der Waals surface area contributed by atoms with Gasteiger partial charge in [-0.05, 0) is 25.1 Å². The standard InChI is InChI=1S/C13H11BrF3N3O/c1-7-11(6-20(2)19-7)18-12(21)8-3-4-10(14)9(5-8)13(15,16)17/h3-6H,1-2H3,(H,18,21). The Morgan fingerprint density at radius 2 is 2.05 bits per heavy atom. The quantitative estimate of drug-likeness (QED) is 0.884. The Morgan fingerprint density at radius 1 is 1.38 bits per heavy atom. The van der Waals surface area contributed by atoms with E-state index in [4.69, 9.17) is 0 Å². The number of alkyl halides is 3. The van der Waals surface area contributed by atoms with Gasteiger partial charge in [0.1, 0.15) is 0 Å². The lowest BCUT2D eigenvalue weighted by Gasteiger charge is -2.11. The van der Waals surface area contributed by atoms with Crippen molar-refractivity contribution in [2.24, 2.45) is 7.05 Å². The van der Waals surface area contributed by atoms with E-state index >= 15 is 0 Å². The minimum absolute atomic E-state index is 0.0752. The summed E-state index contributed by atoms with van der Waals surface area (Å²) >= 11 is 2.83. The van der Waals surface area contributed by atoms with Gasteiger partial charge in [-0.3, -0.25) is 9.48 Å². The molecule has 0 fully saturated rings. The van der Waals surface area contributed by atoms with Gasteiger partial charge in [-0.1, -0.05) is 15.9 Å². The second-order valence-corrected chi connectivity index (χ2v) is 5.30. The maximum Gasteiger partial charge on any atom is 0.417 e. The summed E-state index contributed by atoms with van der Waals surface area (Å²) in [6, 6.07) is 3.33. The molecule has 0 radical (unpaired) electrons. The van der Waals surface area contributed by atoms with Crippen molar-refractivity contribution in [3.05, 3.63) is 45.7 Å². The number of nitrogens with one attached hydrogen (secondary N) is 1. The highest BCUT2D eigenvalue weighted by molar-refractivity contribution is 9.10. The van der Waals surface area contributed by atoms with E-state index in [0.29, 0.717) is 11.4 Å². The zero-order chi connectivity index (χ0) is 15.8. The van der Waals surface area contributed by atoms with Gasteiger partial charge in [0.05, 0.1) is 16.9 Å². The Balaban J connectivity index is 2.30. The summed E-state index contributed by atoms with van der Waals surface area (Å²) in [7, 11) is 1.68. The van der Waals surface area contributed by atoms with E-state index in [1.807, 2.05) is 0 Å². The molecule has 0 saturated carbocycles. The number of halogens is 4. The second kappa shape index (κ2) is 5.51. The van der Waals surface area contributed by atoms with Crippen molar-refractivity contribution < 1.29 is 18.0 Å². The normalized spacial score (nSPS) is 11.5. The van der Waals surface area contributed by atoms with Crippen molar-refractivity contribution in [2.45, 2.75) is 13.1 Å². The highest BCUT2D eigenvalue weighted by Crippen LogP contribution is 2.35. The van der Waals surface area contributed by atoms with E-state index in [0.717, 1.165) is 6.07 Å². The minimum Gasteiger partial charge on any atom is -0.319 e. The molecule has 1 amide bonds. The molecule has 2 aromatic rings. The van der Waals surface area contributed by atoms with Gasteiger partial charge in [0.2, 0.25) is 0 Å². The number of carbonyl (C=O) groups excluding carboxylic acids is 1. The Morgan fingerprint density at radius 3 is 2.57 bits per heavy atom. The third kappa shape index (κ3) is 3.44. The molecule has 112 valence electrons. The number of carbonyl (C=O) groups is 1. The molecule has 2 rings (SSSR count). The van der Waals surface area contributed by atoms with Gasteiger partial charge in [0.25, 0.3) is 5.91 Å². The second-order valence-electron chi connectivity index (χ2n) is 4.45. The molecular formula is C13H11BrF3N3O. The number of aryl methyl sites for hydroxylation is 2. The van der Waals surface area contributed by atoms with E-state index in [-0.39, 0.29) is 10.0 Å². The molecule has 4 nitrogen and oxygen atoms in total. The maximum absolute atomic E-state index is 12.8. The maximum atomic E-state index is 12.8. The lowest BCUT2D eigenvalue weighted by molar-refractivity contribution is -0.138. The largest absolute Gasteiger partial charge is 0.417 e. The van der Waals surface area contributed by atoms with Gasteiger partial charge in [-0.25, -0.2) is 0 Å². The summed E-state index contributed by atoms with van der Waals surface area (Å²) in [5, 5.41) is 6.58. The van der Waals surface area contributed by atoms with Crippen molar-refractivity contribution in [3.8, 4) is 0 Å². The van der Waals surface area contributed by atoms with Crippen LogP contribution in [0.3, 0.4) is 0 Å². The van der Waals surface area contributed by atoms with Crippen LogP contribution in [0.2, 0.25) is 0 Å². The first-order valence-electron chi connectivity index (χ1n) is 5.87. The molecule has 1 aromatic heterocycles. The summed E-state index contributed by atoms with van der Waals surface area (Å²) in [5.41, 5.74) is 0.0739. The van der Waals surface area contributed by atoms with Crippen molar-refractivity contribution in [1.82, 2.24) is 9.78 Å². The van der Waals surface area contributed by atoms with Crippen molar-refractivity contribution in [3.63, 3.8) is 0 Å². The van der Waals surface area contributed by atoms with Gasteiger partial charge in [0.15, 0.2) is 0 Å². The Labute approximate surface area is 127 Å². The first kappa shape index (κ1) is 15.6. The fourth-order valence-corrected chi connectivity index (χ4v) is 2.27. The molecule has 21 heavy (non-hydrogen) atoms. The Bertz CT molecular complexity index is 694. The lowest BCUT2D eigenvalue weighted by Crippen LogP contribution is -2.14. The van der Waals surface area contributed by atoms with Crippen molar-refractivity contribution in [1.29, 1.82) is 0 Å². The molecule has 0 aliphatic rings. The molecule has 1 heterocycles. The SMILES string of the molecule is Cc1nn(C)cc1NC(=O)c1ccc(Br)c(C(F)(F)F)c1. The summed E-state index contributed by atoms with van der Waals surface area (Å²) in [6.07, 6.45) is -2.95. The Kier molecular flexibility index (Phi) is 4.08. The summed E-state index contributed by atoms with van der Waals surface area (Å²) in [4.78, 5) is 12.0. The molecule has 0 aliphatic heterocycles. The van der Waals surface area contributed by atoms with Crippen LogP contribution in [0.25, 0.3) is 0 Å². The van der Waals surface area contributed by atoms with Gasteiger partial charge in [-0.15, -0.1) is 0 Å². The summed E-state index contributed by atoms with van der Waals surface area (Å²) in [5.74, 6) is -0.621. The van der Waals surface area contributed by atoms with E-state index < -0.39 is 17.6 Å². The topological polar surface area (TPSA) is 46.9 Å². The van der Waals surface area contributed by atoms with Crippen LogP contribution in [0.1, 0.15) is 21.6 Å². The van der Waals surface area contributed by atoms with Gasteiger partial charge >= 0.3 is 6.18 Å². The average Bonchev–Trinajstić information content (AvgIpc) is 2.66. The number of aromatic nitrogens is 2. The predicted molar refractivity (Wildman–Crippen MR) is 75.0 cm³/mol. The van der Waals surface area contributed by atoms with Crippen LogP contribution in [-0.4, -0.2) is 15.7 Å². The Hall–Kier alpha value is -1.83. The summed E-state index contributed by atoms with van der Waals surface area (Å²) < 4.78 is 39.8. The summed E-state index contributed by atoms with van der Waals surface area (Å²) in [6.45, 7) is 1.69. The van der Waals surface area contributed by atoms with Crippen molar-refractivity contribution in [2.75, 3.05) is 5.32 Å². The third-order valence-corrected chi connectivity index (χ3v) is 3.49. The van der Waals surface area contributed by atoms with E-state index in [1.54, 1.807) is 20.2 Å². The molecule has 0 saturated heterocycles. The van der Waals surface area contributed by atoms with E-state index in [2.05, 4.69) is 26.3 Å². The molecule has 1 N–H and O–H groups in total. The van der Waals surface area contributed by atoms with Crippen LogP contribution < -0.4 is 5.32 Å². The molecule has 1 aromatic carbocycles. The smallest absolute Gasteiger partial charge is 0.319 e. The van der Waals surface area contributed by atoms with Crippen LogP contribution in [0.5, 0.6) is 0 Å². The molecule has 0 aliphatic carbocycles. The number of rotatable bonds is 2. The van der Waals surface area contributed by atoms with Crippen LogP contribution in [-0.2, 0) is 13.2 Å². The molecule has 0 unspecified atom stereocenters. The van der Waals surface area contributed by atoms with Crippen LogP contribution >= 0.6 is 15.9 Å². The average molecular weight is 362 g/mol. The predicted octanol–water partition coefficient (Wildman–Crippen LogP) is 3.76. The number of benzene rings is 1. The minimum atomic E-state index is -4.53. The number of hydrogen-bond donors (Lipinski definition) is 1. The molecular weight excluding hydrogens is 351 g/mol. The number of nitrogens with zero attached hydrogens (tertiary/aromatic N) is 2. The zero-order valence-electron chi connectivity index (χ0n) is 11.1. The van der Waals surface area contributed by atoms with Crippen LogP contribution in [0.4, 0.5) is 18.9 Å². The lowest BCUT2D eigenvalue weighted by atomic mass is 10.1. The van der Waals surface area contributed by atoms with Crippen LogP contribution in [0, 0.1) is 6.92 Å². The van der Waals surface area contributed by atoms with Crippen LogP contribution in [0.15, 0.2) is 28.9 Å². The van der Waals surface area contributed by atoms with Crippen molar-refractivity contribution >= 4 is 27.5 Å². The zero-order valence-corrected chi connectivity index (χ0v) is 12.7. The molecule has 0 spiro atoms. The number of amides is 1. The van der Waals surface area contributed by atoms with E-state index in [9.17, 15) is 18.0 Å². The van der Waals surface area contributed by atoms with E-state index in [1.165, 1.54) is 16.8 Å². The monoisotopic (exact) mass is 361 g/mol. The van der Waals surface area contributed by atoms with Gasteiger partial charge in [0, 0.05) is 23.3 Å². The highest BCUT2D eigenvalue weighted by Gasteiger charge is 2.33. The third-order valence-electron chi connectivity index (χ3n) is 2.80. The fourth-order valence-electron chi connectivity index (χ4n) is 1.80. The fraction of sp³-hybridized carbons (Fsp3) is 0.231. The molecule has 8 heteroatoms. The number of anilines is 1. The first-order chi connectivity index (χ1) is 9.68. The molecule has 0 bridgehead atoms.